The van der Waals surface area contributed by atoms with Gasteiger partial charge in [-0.25, -0.2) is 13.2 Å². The van der Waals surface area contributed by atoms with Gasteiger partial charge in [0.25, 0.3) is 11.8 Å². The van der Waals surface area contributed by atoms with E-state index in [4.69, 9.17) is 5.11 Å². The third kappa shape index (κ3) is 12.2. The number of nitrogens with zero attached hydrogens (tertiary/aromatic N) is 2. The Morgan fingerprint density at radius 1 is 0.661 bits per heavy atom. The molecule has 1 heterocycles. The van der Waals surface area contributed by atoms with E-state index in [-0.39, 0.29) is 142 Å². The molecule has 302 valence electrons. The number of hydrogen-bond donors (Lipinski definition) is 4. The van der Waals surface area contributed by atoms with Gasteiger partial charge < -0.3 is 25.7 Å². The molecule has 4 N–H and O–H groups in total. The summed E-state index contributed by atoms with van der Waals surface area (Å²) in [5, 5.41) is 24.5. The molecule has 2 aliphatic carbocycles. The zero-order valence-electron chi connectivity index (χ0n) is 31.7. The summed E-state index contributed by atoms with van der Waals surface area (Å²) < 4.78 is 29.8. The zero-order chi connectivity index (χ0) is 40.1. The number of hydrogen-bond acceptors (Lipinski definition) is 7. The van der Waals surface area contributed by atoms with Crippen molar-refractivity contribution in [1.29, 1.82) is 0 Å². The molecular weight excluding hydrogens is 823 g/mol. The Morgan fingerprint density at radius 3 is 1.83 bits per heavy atom. The molecule has 1 aliphatic heterocycles. The van der Waals surface area contributed by atoms with Crippen molar-refractivity contribution < 1.29 is 37.8 Å². The number of nitrogens with one attached hydrogen (secondary N) is 2. The van der Waals surface area contributed by atoms with Crippen LogP contribution in [0.25, 0.3) is 0 Å². The van der Waals surface area contributed by atoms with Crippen LogP contribution in [0.15, 0.2) is 95.9 Å². The van der Waals surface area contributed by atoms with Gasteiger partial charge in [-0.3, -0.25) is 14.4 Å². The second kappa shape index (κ2) is 21.7. The molecule has 2 saturated carbocycles. The van der Waals surface area contributed by atoms with E-state index in [1.807, 2.05) is 42.5 Å². The van der Waals surface area contributed by atoms with Crippen LogP contribution in [0.5, 0.6) is 0 Å². The predicted octanol–water partition coefficient (Wildman–Crippen LogP) is 6.16. The van der Waals surface area contributed by atoms with E-state index in [1.54, 1.807) is 40.7 Å². The van der Waals surface area contributed by atoms with Gasteiger partial charge in [-0.2, -0.15) is 4.31 Å². The number of benzene rings is 4. The summed E-state index contributed by atoms with van der Waals surface area (Å²) in [5.74, 6) is -3.25. The minimum atomic E-state index is -3.99. The molecule has 0 bridgehead atoms. The number of amides is 2. The van der Waals surface area contributed by atoms with E-state index in [1.165, 1.54) is 12.1 Å². The summed E-state index contributed by atoms with van der Waals surface area (Å²) >= 11 is 0. The van der Waals surface area contributed by atoms with E-state index in [0.717, 1.165) is 74.8 Å². The van der Waals surface area contributed by atoms with E-state index < -0.39 is 39.7 Å². The van der Waals surface area contributed by atoms with Crippen molar-refractivity contribution in [3.05, 3.63) is 119 Å². The number of carbonyl (C=O) groups is 4. The summed E-state index contributed by atoms with van der Waals surface area (Å²) in [6.07, 6.45) is 7.96. The van der Waals surface area contributed by atoms with Gasteiger partial charge in [0.15, 0.2) is 0 Å². The summed E-state index contributed by atoms with van der Waals surface area (Å²) in [5.41, 5.74) is 4.43. The van der Waals surface area contributed by atoms with Crippen LogP contribution in [0.2, 0.25) is 0 Å². The van der Waals surface area contributed by atoms with E-state index >= 15 is 0 Å². The number of piperidine rings is 1. The zero-order valence-corrected chi connectivity index (χ0v) is 32.5. The van der Waals surface area contributed by atoms with Crippen molar-refractivity contribution in [2.24, 2.45) is 5.92 Å². The molecule has 3 fully saturated rings. The molecule has 0 spiro atoms. The minimum absolute atomic E-state index is 0. The molecule has 2 amide bonds. The van der Waals surface area contributed by atoms with Gasteiger partial charge in [0, 0.05) is 42.1 Å². The van der Waals surface area contributed by atoms with E-state index in [0.29, 0.717) is 31.4 Å². The molecule has 0 aromatic heterocycles. The molecule has 3 aliphatic rings. The van der Waals surface area contributed by atoms with E-state index in [9.17, 15) is 32.7 Å². The Kier molecular flexibility index (Phi) is 17.6. The normalized spacial score (nSPS) is 17.9. The Labute approximate surface area is 430 Å². The SMILES string of the molecule is O=C(O)c1ccc(CCc2ccc(NC(=O)c3cc(N4CCCCC4)ccc3NC(=O)c3cccc(S(=O)(=O)N(C4CCC(C(=O)O)CC4)C4CC4)c3)cc2)cc1.[KH].[KH]. The molecule has 0 atom stereocenters. The molecule has 59 heavy (non-hydrogen) atoms. The van der Waals surface area contributed by atoms with Gasteiger partial charge in [-0.05, 0) is 142 Å². The summed E-state index contributed by atoms with van der Waals surface area (Å²) in [7, 11) is -3.99. The predicted molar refractivity (Wildman–Crippen MR) is 232 cm³/mol. The Morgan fingerprint density at radius 2 is 1.25 bits per heavy atom. The molecule has 4 aromatic carbocycles. The third-order valence-electron chi connectivity index (χ3n) is 11.3. The van der Waals surface area contributed by atoms with Gasteiger partial charge in [-0.15, -0.1) is 0 Å². The first-order chi connectivity index (χ1) is 27.5. The van der Waals surface area contributed by atoms with Crippen LogP contribution in [-0.4, -0.2) is 175 Å². The number of aryl methyl sites for hydroxylation is 2. The van der Waals surface area contributed by atoms with Crippen LogP contribution >= 0.6 is 0 Å². The fourth-order valence-corrected chi connectivity index (χ4v) is 9.92. The van der Waals surface area contributed by atoms with Crippen molar-refractivity contribution in [2.75, 3.05) is 28.6 Å². The molecule has 4 aromatic rings. The second-order valence-electron chi connectivity index (χ2n) is 15.3. The van der Waals surface area contributed by atoms with Gasteiger partial charge in [0.05, 0.1) is 27.6 Å². The Hall–Kier alpha value is -2.26. The number of aromatic carboxylic acids is 1. The number of carboxylic acid groups (broad SMARTS) is 2. The average molecular weight is 873 g/mol. The first-order valence-electron chi connectivity index (χ1n) is 19.8. The van der Waals surface area contributed by atoms with Crippen LogP contribution in [0.4, 0.5) is 17.1 Å². The summed E-state index contributed by atoms with van der Waals surface area (Å²) in [4.78, 5) is 52.7. The standard InChI is InChI=1S/C44H48N4O8S.2K.2H/c49-41(33-5-4-6-38(27-33)57(55,56)48(36-21-22-36)35-19-15-32(16-20-35)44(53)54)46-40-24-23-37(47-25-2-1-3-26-47)28-39(40)42(50)45-34-17-11-30(12-18-34)8-7-29-9-13-31(14-10-29)43(51)52;;;;/h4-6,9-14,17-18,23-24,27-28,32,35-36H,1-3,7-8,15-16,19-22,25-26H2,(H,45,50)(H,46,49)(H,51,52)(H,53,54);;;;. The number of anilines is 3. The fraction of sp³-hybridized carbons (Fsp3) is 0.364. The average Bonchev–Trinajstić information content (AvgIpc) is 4.06. The van der Waals surface area contributed by atoms with Crippen LogP contribution in [0, 0.1) is 5.92 Å². The fourth-order valence-electron chi connectivity index (χ4n) is 7.94. The maximum atomic E-state index is 14.1. The van der Waals surface area contributed by atoms with Crippen molar-refractivity contribution in [1.82, 2.24) is 4.31 Å². The molecule has 0 unspecified atom stereocenters. The van der Waals surface area contributed by atoms with Crippen LogP contribution < -0.4 is 15.5 Å². The van der Waals surface area contributed by atoms with Crippen molar-refractivity contribution in [3.63, 3.8) is 0 Å². The van der Waals surface area contributed by atoms with Gasteiger partial charge >= 0.3 is 115 Å². The monoisotopic (exact) mass is 872 g/mol. The Bertz CT molecular complexity index is 2240. The number of sulfonamides is 1. The molecule has 1 saturated heterocycles. The Balaban J connectivity index is 0.00000331. The van der Waals surface area contributed by atoms with Gasteiger partial charge in [-0.1, -0.05) is 30.3 Å². The van der Waals surface area contributed by atoms with Crippen LogP contribution in [-0.2, 0) is 27.7 Å². The van der Waals surface area contributed by atoms with Gasteiger partial charge in [0.1, 0.15) is 0 Å². The first kappa shape index (κ1) is 47.8. The topological polar surface area (TPSA) is 173 Å². The van der Waals surface area contributed by atoms with Crippen LogP contribution in [0.1, 0.15) is 100.0 Å². The van der Waals surface area contributed by atoms with Crippen LogP contribution in [0.3, 0.4) is 0 Å². The number of carbonyl (C=O) groups excluding carboxylic acids is 2. The molecule has 7 rings (SSSR count). The molecular formula is C44H50K2N4O8S. The third-order valence-corrected chi connectivity index (χ3v) is 13.3. The number of aliphatic carboxylic acids is 1. The number of carboxylic acids is 2. The van der Waals surface area contributed by atoms with Crippen molar-refractivity contribution >= 4 is 154 Å². The van der Waals surface area contributed by atoms with Gasteiger partial charge in [0.2, 0.25) is 10.0 Å². The maximum absolute atomic E-state index is 14.1. The summed E-state index contributed by atoms with van der Waals surface area (Å²) in [6.45, 7) is 1.72. The quantitative estimate of drug-likeness (QED) is 0.108. The van der Waals surface area contributed by atoms with E-state index in [2.05, 4.69) is 15.5 Å². The van der Waals surface area contributed by atoms with Crippen molar-refractivity contribution in [3.8, 4) is 0 Å². The second-order valence-corrected chi connectivity index (χ2v) is 17.2. The number of rotatable bonds is 14. The molecule has 15 heteroatoms. The summed E-state index contributed by atoms with van der Waals surface area (Å²) in [6, 6.07) is 25.2. The molecule has 12 nitrogen and oxygen atoms in total. The van der Waals surface area contributed by atoms with Crippen molar-refractivity contribution in [2.45, 2.75) is 87.6 Å². The molecule has 0 radical (unpaired) electrons. The first-order valence-corrected chi connectivity index (χ1v) is 21.2.